The molecule has 0 radical (unpaired) electrons. The summed E-state index contributed by atoms with van der Waals surface area (Å²) in [5.41, 5.74) is 0. The predicted octanol–water partition coefficient (Wildman–Crippen LogP) is 1.95. The Morgan fingerprint density at radius 1 is 1.11 bits per heavy atom. The van der Waals surface area contributed by atoms with Gasteiger partial charge in [-0.25, -0.2) is 9.59 Å². The molecule has 0 aromatic heterocycles. The van der Waals surface area contributed by atoms with Gasteiger partial charge in [-0.2, -0.15) is 0 Å². The van der Waals surface area contributed by atoms with E-state index in [1.165, 1.54) is 14.2 Å². The SMILES string of the molecule is COC(=O)/C=C(\Oc1ccc(Cl)cc1)C(=O)OC. The molecule has 5 nitrogen and oxygen atoms in total. The lowest BCUT2D eigenvalue weighted by atomic mass is 10.3. The highest BCUT2D eigenvalue weighted by molar-refractivity contribution is 6.30. The van der Waals surface area contributed by atoms with Crippen molar-refractivity contribution in [2.24, 2.45) is 0 Å². The molecule has 0 unspecified atom stereocenters. The molecule has 0 N–H and O–H groups in total. The average Bonchev–Trinajstić information content (AvgIpc) is 2.39. The number of halogens is 1. The molecule has 0 aliphatic heterocycles. The van der Waals surface area contributed by atoms with Crippen LogP contribution >= 0.6 is 11.6 Å². The molecule has 0 amide bonds. The van der Waals surface area contributed by atoms with Crippen LogP contribution in [0.2, 0.25) is 5.02 Å². The van der Waals surface area contributed by atoms with Crippen molar-refractivity contribution in [3.05, 3.63) is 41.1 Å². The maximum atomic E-state index is 11.4. The molecule has 1 aromatic rings. The van der Waals surface area contributed by atoms with E-state index in [9.17, 15) is 9.59 Å². The third-order valence-electron chi connectivity index (χ3n) is 1.88. The molecule has 0 heterocycles. The lowest BCUT2D eigenvalue weighted by molar-refractivity contribution is -0.140. The van der Waals surface area contributed by atoms with Gasteiger partial charge in [-0.1, -0.05) is 11.6 Å². The Labute approximate surface area is 109 Å². The van der Waals surface area contributed by atoms with Gasteiger partial charge in [0.2, 0.25) is 5.76 Å². The van der Waals surface area contributed by atoms with Crippen LogP contribution in [0.4, 0.5) is 0 Å². The molecular weight excluding hydrogens is 260 g/mol. The van der Waals surface area contributed by atoms with Crippen LogP contribution in [0.1, 0.15) is 0 Å². The molecular formula is C12H11ClO5. The molecule has 0 atom stereocenters. The van der Waals surface area contributed by atoms with Gasteiger partial charge in [0, 0.05) is 5.02 Å². The second-order valence-corrected chi connectivity index (χ2v) is 3.52. The first kappa shape index (κ1) is 14.1. The van der Waals surface area contributed by atoms with Crippen molar-refractivity contribution in [1.29, 1.82) is 0 Å². The van der Waals surface area contributed by atoms with E-state index in [0.717, 1.165) is 6.08 Å². The van der Waals surface area contributed by atoms with E-state index in [0.29, 0.717) is 10.8 Å². The second-order valence-electron chi connectivity index (χ2n) is 3.08. The van der Waals surface area contributed by atoms with Crippen molar-refractivity contribution >= 4 is 23.5 Å². The van der Waals surface area contributed by atoms with E-state index < -0.39 is 11.9 Å². The zero-order valence-electron chi connectivity index (χ0n) is 9.81. The van der Waals surface area contributed by atoms with Crippen molar-refractivity contribution in [3.63, 3.8) is 0 Å². The number of hydrogen-bond acceptors (Lipinski definition) is 5. The second kappa shape index (κ2) is 6.66. The number of carbonyl (C=O) groups excluding carboxylic acids is 2. The average molecular weight is 271 g/mol. The fourth-order valence-corrected chi connectivity index (χ4v) is 1.15. The molecule has 0 spiro atoms. The highest BCUT2D eigenvalue weighted by Crippen LogP contribution is 2.18. The summed E-state index contributed by atoms with van der Waals surface area (Å²) in [5.74, 6) is -1.42. The summed E-state index contributed by atoms with van der Waals surface area (Å²) < 4.78 is 14.1. The summed E-state index contributed by atoms with van der Waals surface area (Å²) in [4.78, 5) is 22.5. The van der Waals surface area contributed by atoms with Crippen molar-refractivity contribution in [1.82, 2.24) is 0 Å². The van der Waals surface area contributed by atoms with Crippen molar-refractivity contribution in [3.8, 4) is 5.75 Å². The Balaban J connectivity index is 2.91. The molecule has 6 heteroatoms. The van der Waals surface area contributed by atoms with Gasteiger partial charge in [-0.3, -0.25) is 0 Å². The minimum atomic E-state index is -0.782. The molecule has 1 aromatic carbocycles. The molecule has 0 saturated carbocycles. The van der Waals surface area contributed by atoms with Gasteiger partial charge in [-0.05, 0) is 24.3 Å². The monoisotopic (exact) mass is 270 g/mol. The largest absolute Gasteiger partial charge is 0.466 e. The summed E-state index contributed by atoms with van der Waals surface area (Å²) in [6.45, 7) is 0. The van der Waals surface area contributed by atoms with Gasteiger partial charge >= 0.3 is 11.9 Å². The van der Waals surface area contributed by atoms with Crippen LogP contribution in [0.15, 0.2) is 36.1 Å². The van der Waals surface area contributed by atoms with E-state index in [1.54, 1.807) is 24.3 Å². The quantitative estimate of drug-likeness (QED) is 0.475. The fourth-order valence-electron chi connectivity index (χ4n) is 1.03. The smallest absolute Gasteiger partial charge is 0.374 e. The van der Waals surface area contributed by atoms with Crippen LogP contribution in [0.3, 0.4) is 0 Å². The minimum Gasteiger partial charge on any atom is -0.466 e. The topological polar surface area (TPSA) is 61.8 Å². The molecule has 0 fully saturated rings. The lowest BCUT2D eigenvalue weighted by Crippen LogP contribution is -2.13. The summed E-state index contributed by atoms with van der Waals surface area (Å²) >= 11 is 5.71. The summed E-state index contributed by atoms with van der Waals surface area (Å²) in [7, 11) is 2.37. The number of methoxy groups -OCH3 is 2. The zero-order valence-corrected chi connectivity index (χ0v) is 10.6. The standard InChI is InChI=1S/C12H11ClO5/c1-16-11(14)7-10(12(15)17-2)18-9-5-3-8(13)4-6-9/h3-7H,1-2H3/b10-7-. The maximum absolute atomic E-state index is 11.4. The van der Waals surface area contributed by atoms with Gasteiger partial charge in [-0.15, -0.1) is 0 Å². The van der Waals surface area contributed by atoms with Crippen molar-refractivity contribution in [2.45, 2.75) is 0 Å². The first-order chi connectivity index (χ1) is 8.56. The number of ether oxygens (including phenoxy) is 3. The molecule has 1 rings (SSSR count). The molecule has 0 aliphatic carbocycles. The Kier molecular flexibility index (Phi) is 5.20. The van der Waals surface area contributed by atoms with Gasteiger partial charge < -0.3 is 14.2 Å². The van der Waals surface area contributed by atoms with Gasteiger partial charge in [0.05, 0.1) is 20.3 Å². The van der Waals surface area contributed by atoms with Crippen LogP contribution in [0.25, 0.3) is 0 Å². The Bertz CT molecular complexity index is 464. The third kappa shape index (κ3) is 4.10. The summed E-state index contributed by atoms with van der Waals surface area (Å²) in [6, 6.07) is 6.28. The van der Waals surface area contributed by atoms with E-state index in [-0.39, 0.29) is 5.76 Å². The van der Waals surface area contributed by atoms with Crippen molar-refractivity contribution < 1.29 is 23.8 Å². The normalized spacial score (nSPS) is 10.7. The number of esters is 2. The van der Waals surface area contributed by atoms with Gasteiger partial charge in [0.25, 0.3) is 0 Å². The van der Waals surface area contributed by atoms with E-state index in [1.807, 2.05) is 0 Å². The fraction of sp³-hybridized carbons (Fsp3) is 0.167. The molecule has 0 bridgehead atoms. The van der Waals surface area contributed by atoms with Crippen LogP contribution in [-0.4, -0.2) is 26.2 Å². The van der Waals surface area contributed by atoms with Crippen LogP contribution in [0, 0.1) is 0 Å². The number of carbonyl (C=O) groups is 2. The molecule has 96 valence electrons. The van der Waals surface area contributed by atoms with Gasteiger partial charge in [0.1, 0.15) is 5.75 Å². The van der Waals surface area contributed by atoms with Crippen molar-refractivity contribution in [2.75, 3.05) is 14.2 Å². The molecule has 0 saturated heterocycles. The van der Waals surface area contributed by atoms with Crippen LogP contribution in [-0.2, 0) is 19.1 Å². The van der Waals surface area contributed by atoms with Crippen LogP contribution < -0.4 is 4.74 Å². The minimum absolute atomic E-state index is 0.272. The summed E-state index contributed by atoms with van der Waals surface area (Å²) in [5, 5.41) is 0.527. The molecule has 0 aliphatic rings. The Morgan fingerprint density at radius 2 is 1.72 bits per heavy atom. The van der Waals surface area contributed by atoms with E-state index >= 15 is 0 Å². The van der Waals surface area contributed by atoms with Crippen LogP contribution in [0.5, 0.6) is 5.75 Å². The maximum Gasteiger partial charge on any atom is 0.374 e. The number of hydrogen-bond donors (Lipinski definition) is 0. The highest BCUT2D eigenvalue weighted by atomic mass is 35.5. The highest BCUT2D eigenvalue weighted by Gasteiger charge is 2.15. The van der Waals surface area contributed by atoms with Gasteiger partial charge in [0.15, 0.2) is 0 Å². The zero-order chi connectivity index (χ0) is 13.5. The molecule has 18 heavy (non-hydrogen) atoms. The van der Waals surface area contributed by atoms with E-state index in [2.05, 4.69) is 9.47 Å². The number of benzene rings is 1. The first-order valence-electron chi connectivity index (χ1n) is 4.88. The summed E-state index contributed by atoms with van der Waals surface area (Å²) in [6.07, 6.45) is 0.903. The lowest BCUT2D eigenvalue weighted by Gasteiger charge is -2.07. The Morgan fingerprint density at radius 3 is 2.22 bits per heavy atom. The van der Waals surface area contributed by atoms with E-state index in [4.69, 9.17) is 16.3 Å². The number of rotatable bonds is 4. The predicted molar refractivity (Wildman–Crippen MR) is 64.2 cm³/mol. The third-order valence-corrected chi connectivity index (χ3v) is 2.13. The Hall–Kier alpha value is -2.01. The first-order valence-corrected chi connectivity index (χ1v) is 5.26.